The van der Waals surface area contributed by atoms with Gasteiger partial charge in [-0.05, 0) is 32.1 Å². The Labute approximate surface area is 148 Å². The minimum atomic E-state index is -0.578. The summed E-state index contributed by atoms with van der Waals surface area (Å²) in [5.74, 6) is 0.875. The highest BCUT2D eigenvalue weighted by molar-refractivity contribution is 5.95. The lowest BCUT2D eigenvalue weighted by atomic mass is 9.90. The number of carbonyl (C=O) groups is 1. The molecule has 25 heavy (non-hydrogen) atoms. The second kappa shape index (κ2) is 7.39. The van der Waals surface area contributed by atoms with Crippen LogP contribution in [0.2, 0.25) is 0 Å². The first-order chi connectivity index (χ1) is 12.0. The number of hydrogen-bond acceptors (Lipinski definition) is 4. The zero-order chi connectivity index (χ0) is 18.0. The van der Waals surface area contributed by atoms with Gasteiger partial charge in [0, 0.05) is 45.3 Å². The Kier molecular flexibility index (Phi) is 5.22. The Balaban J connectivity index is 1.62. The van der Waals surface area contributed by atoms with Crippen molar-refractivity contribution in [2.24, 2.45) is 13.0 Å². The largest absolute Gasteiger partial charge is 0.385 e. The van der Waals surface area contributed by atoms with E-state index in [1.165, 1.54) is 0 Å². The number of nitrogens with zero attached hydrogens (tertiary/aromatic N) is 5. The van der Waals surface area contributed by atoms with Gasteiger partial charge in [-0.15, -0.1) is 0 Å². The summed E-state index contributed by atoms with van der Waals surface area (Å²) < 4.78 is 3.70. The second-order valence-corrected chi connectivity index (χ2v) is 6.86. The normalized spacial score (nSPS) is 17.0. The topological polar surface area (TPSA) is 76.2 Å². The number of aryl methyl sites for hydroxylation is 3. The molecule has 3 heterocycles. The number of likely N-dealkylation sites (tertiary alicyclic amines) is 1. The summed E-state index contributed by atoms with van der Waals surface area (Å²) >= 11 is 0. The summed E-state index contributed by atoms with van der Waals surface area (Å²) in [5, 5.41) is 15.0. The first-order valence-corrected chi connectivity index (χ1v) is 8.99. The Morgan fingerprint density at radius 3 is 2.72 bits per heavy atom. The van der Waals surface area contributed by atoms with E-state index < -0.39 is 6.10 Å². The molecule has 0 radical (unpaired) electrons. The van der Waals surface area contributed by atoms with Crippen LogP contribution in [0.25, 0.3) is 0 Å². The van der Waals surface area contributed by atoms with Gasteiger partial charge in [0.25, 0.3) is 5.91 Å². The highest BCUT2D eigenvalue weighted by Gasteiger charge is 2.31. The van der Waals surface area contributed by atoms with Crippen LogP contribution in [0.5, 0.6) is 0 Å². The van der Waals surface area contributed by atoms with Crippen molar-refractivity contribution in [1.82, 2.24) is 24.2 Å². The summed E-state index contributed by atoms with van der Waals surface area (Å²) in [7, 11) is 1.89. The third kappa shape index (κ3) is 3.61. The first-order valence-electron chi connectivity index (χ1n) is 8.99. The lowest BCUT2D eigenvalue weighted by Gasteiger charge is -2.34. The van der Waals surface area contributed by atoms with Crippen molar-refractivity contribution in [3.63, 3.8) is 0 Å². The number of amides is 1. The smallest absolute Gasteiger partial charge is 0.257 e. The van der Waals surface area contributed by atoms with Gasteiger partial charge in [0.1, 0.15) is 11.9 Å². The predicted molar refractivity (Wildman–Crippen MR) is 94.1 cm³/mol. The molecule has 1 N–H and O–H groups in total. The molecule has 1 atom stereocenters. The summed E-state index contributed by atoms with van der Waals surface area (Å²) in [4.78, 5) is 18.9. The van der Waals surface area contributed by atoms with Crippen LogP contribution in [0, 0.1) is 12.8 Å². The molecule has 1 fully saturated rings. The quantitative estimate of drug-likeness (QED) is 0.898. The highest BCUT2D eigenvalue weighted by Crippen LogP contribution is 2.30. The molecule has 0 aromatic carbocycles. The van der Waals surface area contributed by atoms with Gasteiger partial charge in [-0.2, -0.15) is 5.10 Å². The van der Waals surface area contributed by atoms with Crippen molar-refractivity contribution < 1.29 is 9.90 Å². The third-order valence-electron chi connectivity index (χ3n) is 5.03. The van der Waals surface area contributed by atoms with E-state index in [2.05, 4.69) is 17.0 Å². The fraction of sp³-hybridized carbons (Fsp3) is 0.611. The lowest BCUT2D eigenvalue weighted by Crippen LogP contribution is -2.40. The van der Waals surface area contributed by atoms with E-state index in [1.807, 2.05) is 40.5 Å². The minimum Gasteiger partial charge on any atom is -0.385 e. The Bertz CT molecular complexity index is 728. The Hall–Kier alpha value is -2.15. The maximum atomic E-state index is 12.8. The van der Waals surface area contributed by atoms with Crippen molar-refractivity contribution >= 4 is 5.91 Å². The van der Waals surface area contributed by atoms with Gasteiger partial charge in [0.05, 0.1) is 11.3 Å². The summed E-state index contributed by atoms with van der Waals surface area (Å²) in [6.45, 7) is 6.12. The SMILES string of the molecule is CCCn1cc(C(=O)N2CCC([C@H](O)c3nccn3C)CC2)c(C)n1. The van der Waals surface area contributed by atoms with Crippen LogP contribution in [0.15, 0.2) is 18.6 Å². The zero-order valence-corrected chi connectivity index (χ0v) is 15.2. The van der Waals surface area contributed by atoms with Crippen LogP contribution >= 0.6 is 0 Å². The Morgan fingerprint density at radius 1 is 1.40 bits per heavy atom. The summed E-state index contributed by atoms with van der Waals surface area (Å²) in [6, 6.07) is 0. The molecule has 1 amide bonds. The maximum Gasteiger partial charge on any atom is 0.257 e. The molecule has 1 aliphatic rings. The van der Waals surface area contributed by atoms with Gasteiger partial charge in [-0.25, -0.2) is 4.98 Å². The molecule has 0 unspecified atom stereocenters. The fourth-order valence-corrected chi connectivity index (χ4v) is 3.53. The predicted octanol–water partition coefficient (Wildman–Crippen LogP) is 1.92. The molecule has 2 aromatic heterocycles. The number of carbonyl (C=O) groups excluding carboxylic acids is 1. The lowest BCUT2D eigenvalue weighted by molar-refractivity contribution is 0.0419. The van der Waals surface area contributed by atoms with E-state index in [0.717, 1.165) is 31.5 Å². The highest BCUT2D eigenvalue weighted by atomic mass is 16.3. The first kappa shape index (κ1) is 17.7. The van der Waals surface area contributed by atoms with E-state index in [4.69, 9.17) is 0 Å². The number of aromatic nitrogens is 4. The van der Waals surface area contributed by atoms with Crippen molar-refractivity contribution in [1.29, 1.82) is 0 Å². The minimum absolute atomic E-state index is 0.0461. The monoisotopic (exact) mass is 345 g/mol. The molecule has 1 aliphatic heterocycles. The second-order valence-electron chi connectivity index (χ2n) is 6.86. The molecular formula is C18H27N5O2. The number of piperidine rings is 1. The number of aliphatic hydroxyl groups is 1. The van der Waals surface area contributed by atoms with Crippen LogP contribution < -0.4 is 0 Å². The molecule has 0 saturated carbocycles. The molecule has 0 aliphatic carbocycles. The van der Waals surface area contributed by atoms with Gasteiger partial charge in [-0.3, -0.25) is 9.48 Å². The summed E-state index contributed by atoms with van der Waals surface area (Å²) in [6.07, 6.45) is 7.37. The van der Waals surface area contributed by atoms with Crippen molar-refractivity contribution in [3.05, 3.63) is 35.7 Å². The molecule has 136 valence electrons. The van der Waals surface area contributed by atoms with Gasteiger partial charge < -0.3 is 14.6 Å². The summed E-state index contributed by atoms with van der Waals surface area (Å²) in [5.41, 5.74) is 1.48. The molecule has 1 saturated heterocycles. The van der Waals surface area contributed by atoms with Crippen LogP contribution in [0.3, 0.4) is 0 Å². The van der Waals surface area contributed by atoms with Crippen LogP contribution in [0.4, 0.5) is 0 Å². The fourth-order valence-electron chi connectivity index (χ4n) is 3.53. The molecule has 0 bridgehead atoms. The van der Waals surface area contributed by atoms with Gasteiger partial charge in [0.2, 0.25) is 0 Å². The van der Waals surface area contributed by atoms with E-state index in [9.17, 15) is 9.90 Å². The van der Waals surface area contributed by atoms with Crippen molar-refractivity contribution in [2.75, 3.05) is 13.1 Å². The molecule has 3 rings (SSSR count). The van der Waals surface area contributed by atoms with Crippen LogP contribution in [-0.2, 0) is 13.6 Å². The third-order valence-corrected chi connectivity index (χ3v) is 5.03. The molecule has 2 aromatic rings. The average Bonchev–Trinajstić information content (AvgIpc) is 3.19. The van der Waals surface area contributed by atoms with Gasteiger partial charge >= 0.3 is 0 Å². The number of imidazole rings is 1. The molecular weight excluding hydrogens is 318 g/mol. The number of rotatable bonds is 5. The van der Waals surface area contributed by atoms with Crippen LogP contribution in [0.1, 0.15) is 54.2 Å². The molecule has 7 nitrogen and oxygen atoms in total. The van der Waals surface area contributed by atoms with Gasteiger partial charge in [-0.1, -0.05) is 6.92 Å². The van der Waals surface area contributed by atoms with Crippen LogP contribution in [-0.4, -0.2) is 48.3 Å². The van der Waals surface area contributed by atoms with E-state index >= 15 is 0 Å². The standard InChI is InChI=1S/C18H27N5O2/c1-4-8-23-12-15(13(2)20-23)18(25)22-9-5-14(6-10-22)16(24)17-19-7-11-21(17)3/h7,11-12,14,16,24H,4-6,8-10H2,1-3H3/t16-/m0/s1. The maximum absolute atomic E-state index is 12.8. The van der Waals surface area contributed by atoms with E-state index in [1.54, 1.807) is 6.20 Å². The molecule has 7 heteroatoms. The average molecular weight is 345 g/mol. The van der Waals surface area contributed by atoms with Gasteiger partial charge in [0.15, 0.2) is 0 Å². The Morgan fingerprint density at radius 2 is 2.12 bits per heavy atom. The number of aliphatic hydroxyl groups excluding tert-OH is 1. The van der Waals surface area contributed by atoms with E-state index in [-0.39, 0.29) is 11.8 Å². The number of hydrogen-bond donors (Lipinski definition) is 1. The van der Waals surface area contributed by atoms with Crippen molar-refractivity contribution in [3.8, 4) is 0 Å². The zero-order valence-electron chi connectivity index (χ0n) is 15.2. The van der Waals surface area contributed by atoms with Crippen molar-refractivity contribution in [2.45, 2.75) is 45.8 Å². The van der Waals surface area contributed by atoms with E-state index in [0.29, 0.717) is 24.5 Å². The molecule has 0 spiro atoms.